The molecule has 7 heteroatoms. The summed E-state index contributed by atoms with van der Waals surface area (Å²) >= 11 is 12.0. The van der Waals surface area contributed by atoms with Crippen molar-refractivity contribution in [3.63, 3.8) is 0 Å². The Kier molecular flexibility index (Phi) is 4.11. The van der Waals surface area contributed by atoms with Gasteiger partial charge in [-0.2, -0.15) is 0 Å². The fourth-order valence-electron chi connectivity index (χ4n) is 1.86. The maximum Gasteiger partial charge on any atom is 0.353 e. The average Bonchev–Trinajstić information content (AvgIpc) is 2.78. The van der Waals surface area contributed by atoms with Crippen LogP contribution in [0.5, 0.6) is 0 Å². The van der Waals surface area contributed by atoms with Crippen molar-refractivity contribution in [3.05, 3.63) is 27.7 Å². The van der Waals surface area contributed by atoms with Crippen LogP contribution in [-0.4, -0.2) is 23.9 Å². The van der Waals surface area contributed by atoms with E-state index in [1.807, 2.05) is 0 Å². The van der Waals surface area contributed by atoms with E-state index in [1.165, 1.54) is 6.07 Å². The molecular formula is C13H14Cl2N2O3. The van der Waals surface area contributed by atoms with Crippen molar-refractivity contribution in [2.45, 2.75) is 25.9 Å². The molecule has 108 valence electrons. The van der Waals surface area contributed by atoms with E-state index >= 15 is 0 Å². The van der Waals surface area contributed by atoms with E-state index < -0.39 is 11.6 Å². The Bertz CT molecular complexity index is 589. The van der Waals surface area contributed by atoms with Crippen molar-refractivity contribution in [1.29, 1.82) is 0 Å². The molecule has 0 aliphatic carbocycles. The van der Waals surface area contributed by atoms with Gasteiger partial charge >= 0.3 is 5.97 Å². The number of nitrogens with zero attached hydrogens (tertiary/aromatic N) is 1. The molecule has 1 aromatic carbocycles. The van der Waals surface area contributed by atoms with Crippen LogP contribution in [0.2, 0.25) is 10.0 Å². The smallest absolute Gasteiger partial charge is 0.353 e. The Morgan fingerprint density at radius 3 is 2.85 bits per heavy atom. The van der Waals surface area contributed by atoms with Crippen LogP contribution in [0.4, 0.5) is 5.69 Å². The summed E-state index contributed by atoms with van der Waals surface area (Å²) in [6, 6.07) is 3.15. The first-order chi connectivity index (χ1) is 9.37. The molecule has 5 nitrogen and oxygen atoms in total. The first-order valence-corrected chi connectivity index (χ1v) is 6.80. The minimum Gasteiger partial charge on any atom is -0.463 e. The fraction of sp³-hybridized carbons (Fsp3) is 0.385. The van der Waals surface area contributed by atoms with E-state index in [1.54, 1.807) is 19.9 Å². The molecule has 0 fully saturated rings. The van der Waals surface area contributed by atoms with Gasteiger partial charge in [0.05, 0.1) is 28.1 Å². The second-order valence-electron chi connectivity index (χ2n) is 4.61. The van der Waals surface area contributed by atoms with Crippen molar-refractivity contribution in [1.82, 2.24) is 0 Å². The van der Waals surface area contributed by atoms with Crippen molar-refractivity contribution in [2.24, 2.45) is 5.16 Å². The lowest BCUT2D eigenvalue weighted by Crippen LogP contribution is -2.37. The Morgan fingerprint density at radius 2 is 2.20 bits per heavy atom. The predicted molar refractivity (Wildman–Crippen MR) is 78.2 cm³/mol. The number of oxime groups is 1. The highest BCUT2D eigenvalue weighted by molar-refractivity contribution is 6.38. The van der Waals surface area contributed by atoms with Gasteiger partial charge in [-0.15, -0.1) is 0 Å². The van der Waals surface area contributed by atoms with Crippen LogP contribution in [0, 0.1) is 0 Å². The molecule has 0 aromatic heterocycles. The summed E-state index contributed by atoms with van der Waals surface area (Å²) in [7, 11) is 0. The molecule has 20 heavy (non-hydrogen) atoms. The zero-order valence-electron chi connectivity index (χ0n) is 11.1. The first kappa shape index (κ1) is 14.9. The third-order valence-electron chi connectivity index (χ3n) is 2.97. The van der Waals surface area contributed by atoms with Crippen LogP contribution >= 0.6 is 23.2 Å². The lowest BCUT2D eigenvalue weighted by Gasteiger charge is -2.18. The largest absolute Gasteiger partial charge is 0.463 e. The molecule has 1 unspecified atom stereocenters. The van der Waals surface area contributed by atoms with Crippen LogP contribution in [0.25, 0.3) is 0 Å². The monoisotopic (exact) mass is 316 g/mol. The van der Waals surface area contributed by atoms with E-state index in [0.29, 0.717) is 27.0 Å². The van der Waals surface area contributed by atoms with Gasteiger partial charge in [0.2, 0.25) is 5.60 Å². The normalized spacial score (nSPS) is 21.3. The summed E-state index contributed by atoms with van der Waals surface area (Å²) < 4.78 is 4.97. The molecule has 1 heterocycles. The third-order valence-corrected chi connectivity index (χ3v) is 3.61. The second-order valence-corrected chi connectivity index (χ2v) is 5.43. The molecule has 1 aliphatic rings. The van der Waals surface area contributed by atoms with Gasteiger partial charge in [-0.3, -0.25) is 0 Å². The van der Waals surface area contributed by atoms with Crippen molar-refractivity contribution < 1.29 is 14.4 Å². The number of carbonyl (C=O) groups excluding carboxylic acids is 1. The van der Waals surface area contributed by atoms with Crippen LogP contribution in [-0.2, 0) is 14.4 Å². The van der Waals surface area contributed by atoms with Gasteiger partial charge in [0.25, 0.3) is 0 Å². The van der Waals surface area contributed by atoms with Gasteiger partial charge in [-0.05, 0) is 26.0 Å². The minimum absolute atomic E-state index is 0.257. The van der Waals surface area contributed by atoms with E-state index in [2.05, 4.69) is 5.16 Å². The van der Waals surface area contributed by atoms with Crippen molar-refractivity contribution in [2.75, 3.05) is 12.3 Å². The highest BCUT2D eigenvalue weighted by Crippen LogP contribution is 2.33. The van der Waals surface area contributed by atoms with Crippen LogP contribution in [0.3, 0.4) is 0 Å². The zero-order chi connectivity index (χ0) is 14.9. The molecule has 1 atom stereocenters. The summed E-state index contributed by atoms with van der Waals surface area (Å²) in [5.74, 6) is -0.461. The summed E-state index contributed by atoms with van der Waals surface area (Å²) in [6.07, 6.45) is 0.257. The van der Waals surface area contributed by atoms with Gasteiger partial charge < -0.3 is 15.3 Å². The van der Waals surface area contributed by atoms with Crippen LogP contribution < -0.4 is 5.73 Å². The molecule has 0 radical (unpaired) electrons. The molecule has 0 spiro atoms. The molecule has 1 aromatic rings. The Balaban J connectivity index is 2.25. The van der Waals surface area contributed by atoms with E-state index in [9.17, 15) is 4.79 Å². The van der Waals surface area contributed by atoms with Gasteiger partial charge in [-0.1, -0.05) is 28.4 Å². The molecule has 1 aliphatic heterocycles. The lowest BCUT2D eigenvalue weighted by molar-refractivity contribution is -0.166. The number of ether oxygens (including phenoxy) is 1. The molecule has 0 bridgehead atoms. The number of halogens is 2. The Hall–Kier alpha value is -1.46. The van der Waals surface area contributed by atoms with E-state index in [0.717, 1.165) is 0 Å². The lowest BCUT2D eigenvalue weighted by atomic mass is 9.96. The highest BCUT2D eigenvalue weighted by Gasteiger charge is 2.44. The first-order valence-electron chi connectivity index (χ1n) is 6.04. The van der Waals surface area contributed by atoms with E-state index in [-0.39, 0.29) is 13.0 Å². The second kappa shape index (κ2) is 5.50. The third kappa shape index (κ3) is 2.69. The number of nitrogens with two attached hydrogens (primary N) is 1. The maximum absolute atomic E-state index is 11.9. The summed E-state index contributed by atoms with van der Waals surface area (Å²) in [6.45, 7) is 3.63. The van der Waals surface area contributed by atoms with Crippen molar-refractivity contribution >= 4 is 40.6 Å². The van der Waals surface area contributed by atoms with Crippen LogP contribution in [0.15, 0.2) is 17.3 Å². The van der Waals surface area contributed by atoms with Gasteiger partial charge in [0, 0.05) is 12.0 Å². The highest BCUT2D eigenvalue weighted by atomic mass is 35.5. The quantitative estimate of drug-likeness (QED) is 0.687. The summed E-state index contributed by atoms with van der Waals surface area (Å²) in [5.41, 5.74) is 6.14. The standard InChI is InChI=1S/C13H14Cl2N2O3/c1-3-19-12(18)13(2)6-11(17-20-13)7-4-10(16)9(15)5-8(7)14/h4-5H,3,6,16H2,1-2H3. The number of esters is 1. The molecule has 0 saturated carbocycles. The van der Waals surface area contributed by atoms with E-state index in [4.69, 9.17) is 38.5 Å². The topological polar surface area (TPSA) is 73.9 Å². The molecular weight excluding hydrogens is 303 g/mol. The predicted octanol–water partition coefficient (Wildman–Crippen LogP) is 3.02. The number of hydrogen-bond acceptors (Lipinski definition) is 5. The molecule has 2 rings (SSSR count). The minimum atomic E-state index is -1.14. The number of carbonyl (C=O) groups is 1. The summed E-state index contributed by atoms with van der Waals surface area (Å²) in [4.78, 5) is 17.1. The average molecular weight is 317 g/mol. The Labute approximate surface area is 126 Å². The molecule has 0 amide bonds. The number of benzene rings is 1. The number of rotatable bonds is 3. The summed E-state index contributed by atoms with van der Waals surface area (Å²) in [5, 5.41) is 4.70. The molecule has 2 N–H and O–H groups in total. The van der Waals surface area contributed by atoms with Gasteiger partial charge in [0.1, 0.15) is 0 Å². The number of anilines is 1. The van der Waals surface area contributed by atoms with Gasteiger partial charge in [0.15, 0.2) is 0 Å². The number of nitrogen functional groups attached to an aromatic ring is 1. The fourth-order valence-corrected chi connectivity index (χ4v) is 2.36. The molecule has 0 saturated heterocycles. The van der Waals surface area contributed by atoms with Crippen LogP contribution in [0.1, 0.15) is 25.8 Å². The maximum atomic E-state index is 11.9. The SMILES string of the molecule is CCOC(=O)C1(C)CC(c2cc(N)c(Cl)cc2Cl)=NO1. The number of hydrogen-bond donors (Lipinski definition) is 1. The van der Waals surface area contributed by atoms with Gasteiger partial charge in [-0.25, -0.2) is 4.79 Å². The Morgan fingerprint density at radius 1 is 1.50 bits per heavy atom. The van der Waals surface area contributed by atoms with Crippen molar-refractivity contribution in [3.8, 4) is 0 Å². The zero-order valence-corrected chi connectivity index (χ0v) is 12.6.